The van der Waals surface area contributed by atoms with Crippen molar-refractivity contribution in [3.8, 4) is 0 Å². The molecule has 0 aromatic carbocycles. The third-order valence-electron chi connectivity index (χ3n) is 3.81. The Morgan fingerprint density at radius 1 is 1.37 bits per heavy atom. The van der Waals surface area contributed by atoms with E-state index in [2.05, 4.69) is 28.7 Å². The fourth-order valence-corrected chi connectivity index (χ4v) is 2.80. The van der Waals surface area contributed by atoms with Gasteiger partial charge in [0.1, 0.15) is 17.6 Å². The molecular formula is C14H22ClN3O. The molecular weight excluding hydrogens is 262 g/mol. The first-order valence-electron chi connectivity index (χ1n) is 6.87. The van der Waals surface area contributed by atoms with E-state index in [9.17, 15) is 0 Å². The quantitative estimate of drug-likeness (QED) is 0.796. The number of aromatic nitrogens is 2. The molecule has 1 saturated heterocycles. The molecule has 4 nitrogen and oxygen atoms in total. The molecule has 5 heteroatoms. The Morgan fingerprint density at radius 2 is 2.05 bits per heavy atom. The van der Waals surface area contributed by atoms with E-state index in [1.165, 1.54) is 12.8 Å². The molecule has 0 N–H and O–H groups in total. The summed E-state index contributed by atoms with van der Waals surface area (Å²) in [5.74, 6) is 3.16. The van der Waals surface area contributed by atoms with Gasteiger partial charge in [0.15, 0.2) is 5.82 Å². The van der Waals surface area contributed by atoms with Crippen molar-refractivity contribution in [3.63, 3.8) is 0 Å². The minimum absolute atomic E-state index is 0.399. The molecule has 0 atom stereocenters. The van der Waals surface area contributed by atoms with Crippen LogP contribution in [0.4, 0.5) is 5.82 Å². The van der Waals surface area contributed by atoms with Crippen molar-refractivity contribution in [1.29, 1.82) is 0 Å². The highest BCUT2D eigenvalue weighted by atomic mass is 35.5. The molecule has 0 aliphatic carbocycles. The maximum atomic E-state index is 6.05. The molecule has 0 unspecified atom stereocenters. The van der Waals surface area contributed by atoms with Crippen LogP contribution in [0.15, 0.2) is 6.07 Å². The number of ether oxygens (including phenoxy) is 1. The molecule has 0 amide bonds. The summed E-state index contributed by atoms with van der Waals surface area (Å²) in [4.78, 5) is 11.0. The molecule has 1 aliphatic rings. The van der Waals surface area contributed by atoms with Gasteiger partial charge in [-0.2, -0.15) is 0 Å². The predicted molar refractivity (Wildman–Crippen MR) is 77.5 cm³/mol. The van der Waals surface area contributed by atoms with Crippen LogP contribution in [0.5, 0.6) is 0 Å². The van der Waals surface area contributed by atoms with Crippen molar-refractivity contribution in [3.05, 3.63) is 17.0 Å². The topological polar surface area (TPSA) is 38.2 Å². The Hall–Kier alpha value is -0.870. The van der Waals surface area contributed by atoms with E-state index in [1.807, 2.05) is 6.07 Å². The van der Waals surface area contributed by atoms with Crippen molar-refractivity contribution >= 4 is 17.4 Å². The Morgan fingerprint density at radius 3 is 2.63 bits per heavy atom. The zero-order chi connectivity index (χ0) is 13.8. The Kier molecular flexibility index (Phi) is 4.99. The third-order valence-corrected chi connectivity index (χ3v) is 4.00. The highest BCUT2D eigenvalue weighted by Crippen LogP contribution is 2.27. The lowest BCUT2D eigenvalue weighted by molar-refractivity contribution is 0.177. The predicted octanol–water partition coefficient (Wildman–Crippen LogP) is 3.15. The van der Waals surface area contributed by atoms with Gasteiger partial charge in [0.2, 0.25) is 0 Å². The number of hydrogen-bond acceptors (Lipinski definition) is 4. The Balaban J connectivity index is 2.06. The van der Waals surface area contributed by atoms with Gasteiger partial charge in [0.25, 0.3) is 0 Å². The van der Waals surface area contributed by atoms with Crippen molar-refractivity contribution in [1.82, 2.24) is 9.97 Å². The fraction of sp³-hybridized carbons (Fsp3) is 0.714. The minimum Gasteiger partial charge on any atom is -0.377 e. The molecule has 2 heterocycles. The first kappa shape index (κ1) is 14.5. The van der Waals surface area contributed by atoms with Gasteiger partial charge in [-0.3, -0.25) is 0 Å². The van der Waals surface area contributed by atoms with Crippen molar-refractivity contribution in [2.75, 3.05) is 25.1 Å². The van der Waals surface area contributed by atoms with Gasteiger partial charge in [-0.05, 0) is 24.7 Å². The van der Waals surface area contributed by atoms with Crippen molar-refractivity contribution in [2.45, 2.75) is 33.3 Å². The Bertz CT molecular complexity index is 417. The summed E-state index contributed by atoms with van der Waals surface area (Å²) >= 11 is 6.05. The van der Waals surface area contributed by atoms with Crippen LogP contribution in [0.3, 0.4) is 0 Å². The molecule has 2 rings (SSSR count). The highest BCUT2D eigenvalue weighted by molar-refractivity contribution is 6.29. The van der Waals surface area contributed by atoms with Crippen LogP contribution < -0.4 is 4.90 Å². The standard InChI is InChI=1S/C14H22ClN3O/c1-10(2)11-4-6-18(7-5-11)14-8-12(15)16-13(17-14)9-19-3/h8,10-11H,4-7,9H2,1-3H3. The lowest BCUT2D eigenvalue weighted by atomic mass is 9.87. The van der Waals surface area contributed by atoms with Gasteiger partial charge in [-0.1, -0.05) is 25.4 Å². The number of methoxy groups -OCH3 is 1. The van der Waals surface area contributed by atoms with Gasteiger partial charge in [0, 0.05) is 26.3 Å². The molecule has 1 fully saturated rings. The molecule has 0 radical (unpaired) electrons. The first-order chi connectivity index (χ1) is 9.10. The van der Waals surface area contributed by atoms with Gasteiger partial charge < -0.3 is 9.64 Å². The summed E-state index contributed by atoms with van der Waals surface area (Å²) in [7, 11) is 1.64. The first-order valence-corrected chi connectivity index (χ1v) is 7.25. The SMILES string of the molecule is COCc1nc(Cl)cc(N2CCC(C(C)C)CC2)n1. The van der Waals surface area contributed by atoms with Crippen LogP contribution in [-0.2, 0) is 11.3 Å². The summed E-state index contributed by atoms with van der Waals surface area (Å²) in [5.41, 5.74) is 0. The lowest BCUT2D eigenvalue weighted by Crippen LogP contribution is -2.36. The van der Waals surface area contributed by atoms with E-state index in [0.717, 1.165) is 30.7 Å². The summed E-state index contributed by atoms with van der Waals surface area (Å²) in [6.45, 7) is 7.10. The lowest BCUT2D eigenvalue weighted by Gasteiger charge is -2.34. The van der Waals surface area contributed by atoms with Gasteiger partial charge in [-0.25, -0.2) is 9.97 Å². The average molecular weight is 284 g/mol. The van der Waals surface area contributed by atoms with E-state index in [0.29, 0.717) is 17.6 Å². The monoisotopic (exact) mass is 283 g/mol. The van der Waals surface area contributed by atoms with Crippen LogP contribution >= 0.6 is 11.6 Å². The summed E-state index contributed by atoms with van der Waals surface area (Å²) < 4.78 is 5.07. The van der Waals surface area contributed by atoms with Crippen LogP contribution in [0.1, 0.15) is 32.5 Å². The maximum Gasteiger partial charge on any atom is 0.158 e. The molecule has 0 bridgehead atoms. The molecule has 19 heavy (non-hydrogen) atoms. The van der Waals surface area contributed by atoms with Crippen LogP contribution in [0.2, 0.25) is 5.15 Å². The van der Waals surface area contributed by atoms with Crippen LogP contribution in [0.25, 0.3) is 0 Å². The largest absolute Gasteiger partial charge is 0.377 e. The smallest absolute Gasteiger partial charge is 0.158 e. The zero-order valence-corrected chi connectivity index (χ0v) is 12.7. The number of halogens is 1. The maximum absolute atomic E-state index is 6.05. The van der Waals surface area contributed by atoms with Crippen molar-refractivity contribution in [2.24, 2.45) is 11.8 Å². The molecule has 1 aliphatic heterocycles. The van der Waals surface area contributed by atoms with Crippen molar-refractivity contribution < 1.29 is 4.74 Å². The zero-order valence-electron chi connectivity index (χ0n) is 11.9. The fourth-order valence-electron chi connectivity index (χ4n) is 2.60. The third kappa shape index (κ3) is 3.80. The number of hydrogen-bond donors (Lipinski definition) is 0. The molecule has 1 aromatic heterocycles. The van der Waals surface area contributed by atoms with E-state index >= 15 is 0 Å². The summed E-state index contributed by atoms with van der Waals surface area (Å²) in [5, 5.41) is 0.489. The highest BCUT2D eigenvalue weighted by Gasteiger charge is 2.22. The van der Waals surface area contributed by atoms with Crippen LogP contribution in [0, 0.1) is 11.8 Å². The molecule has 0 spiro atoms. The second-order valence-electron chi connectivity index (χ2n) is 5.47. The normalized spacial score (nSPS) is 17.2. The Labute approximate surface area is 120 Å². The van der Waals surface area contributed by atoms with E-state index in [4.69, 9.17) is 16.3 Å². The molecule has 0 saturated carbocycles. The van der Waals surface area contributed by atoms with E-state index < -0.39 is 0 Å². The van der Waals surface area contributed by atoms with Gasteiger partial charge >= 0.3 is 0 Å². The summed E-state index contributed by atoms with van der Waals surface area (Å²) in [6, 6.07) is 1.84. The minimum atomic E-state index is 0.399. The number of rotatable bonds is 4. The average Bonchev–Trinajstić information content (AvgIpc) is 2.38. The summed E-state index contributed by atoms with van der Waals surface area (Å²) in [6.07, 6.45) is 2.44. The van der Waals surface area contributed by atoms with Crippen LogP contribution in [-0.4, -0.2) is 30.2 Å². The number of anilines is 1. The number of piperidine rings is 1. The number of nitrogens with zero attached hydrogens (tertiary/aromatic N) is 3. The van der Waals surface area contributed by atoms with Gasteiger partial charge in [-0.15, -0.1) is 0 Å². The van der Waals surface area contributed by atoms with E-state index in [1.54, 1.807) is 7.11 Å². The van der Waals surface area contributed by atoms with E-state index in [-0.39, 0.29) is 0 Å². The van der Waals surface area contributed by atoms with Gasteiger partial charge in [0.05, 0.1) is 0 Å². The molecule has 1 aromatic rings. The molecule has 106 valence electrons. The second-order valence-corrected chi connectivity index (χ2v) is 5.85. The second kappa shape index (κ2) is 6.53.